The molecule has 3 nitrogen and oxygen atoms in total. The van der Waals surface area contributed by atoms with Gasteiger partial charge in [-0.15, -0.1) is 0 Å². The van der Waals surface area contributed by atoms with Crippen LogP contribution in [0.1, 0.15) is 224 Å². The van der Waals surface area contributed by atoms with Crippen LogP contribution in [-0.4, -0.2) is 37.6 Å². The average molecular weight is 723 g/mol. The molecule has 308 valence electrons. The molecule has 0 aromatic rings. The Hall–Kier alpha value is -0.120. The maximum atomic E-state index is 9.83. The molecule has 0 aromatic carbocycles. The van der Waals surface area contributed by atoms with Crippen LogP contribution in [0.2, 0.25) is 0 Å². The van der Waals surface area contributed by atoms with E-state index in [1.54, 1.807) is 0 Å². The molecule has 3 heteroatoms. The molecule has 0 heterocycles. The summed E-state index contributed by atoms with van der Waals surface area (Å²) in [6, 6.07) is 0. The van der Waals surface area contributed by atoms with E-state index in [0.717, 1.165) is 67.5 Å². The van der Waals surface area contributed by atoms with E-state index in [4.69, 9.17) is 9.47 Å². The number of rotatable bonds is 38. The molecule has 0 rings (SSSR count). The molecule has 0 saturated carbocycles. The van der Waals surface area contributed by atoms with Crippen LogP contribution in [0, 0.1) is 53.3 Å². The van der Waals surface area contributed by atoms with E-state index in [-0.39, 0.29) is 12.7 Å². The van der Waals surface area contributed by atoms with E-state index < -0.39 is 0 Å². The molecular formula is C48H98O3. The number of aliphatic hydroxyl groups excluding tert-OH is 1. The summed E-state index contributed by atoms with van der Waals surface area (Å²) in [5.41, 5.74) is 0. The van der Waals surface area contributed by atoms with Crippen LogP contribution in [0.3, 0.4) is 0 Å². The van der Waals surface area contributed by atoms with Crippen molar-refractivity contribution in [3.63, 3.8) is 0 Å². The summed E-state index contributed by atoms with van der Waals surface area (Å²) in [6.45, 7) is 28.5. The van der Waals surface area contributed by atoms with Crippen molar-refractivity contribution in [2.45, 2.75) is 230 Å². The van der Waals surface area contributed by atoms with Crippen LogP contribution < -0.4 is 0 Å². The molecule has 0 spiro atoms. The zero-order valence-electron chi connectivity index (χ0n) is 37.1. The van der Waals surface area contributed by atoms with Crippen molar-refractivity contribution in [2.75, 3.05) is 26.4 Å². The summed E-state index contributed by atoms with van der Waals surface area (Å²) in [7, 11) is 0. The van der Waals surface area contributed by atoms with E-state index in [2.05, 4.69) is 76.2 Å². The molecule has 1 N–H and O–H groups in total. The smallest absolute Gasteiger partial charge is 0.104 e. The molecule has 0 saturated heterocycles. The zero-order valence-corrected chi connectivity index (χ0v) is 37.1. The maximum absolute atomic E-state index is 9.83. The fourth-order valence-corrected chi connectivity index (χ4v) is 7.92. The molecule has 0 fully saturated rings. The predicted molar refractivity (Wildman–Crippen MR) is 228 cm³/mol. The highest BCUT2D eigenvalue weighted by Crippen LogP contribution is 2.25. The number of hydrogen-bond acceptors (Lipinski definition) is 3. The molecule has 0 aliphatic carbocycles. The van der Waals surface area contributed by atoms with Crippen LogP contribution in [0.4, 0.5) is 0 Å². The third kappa shape index (κ3) is 35.3. The van der Waals surface area contributed by atoms with Gasteiger partial charge in [-0.1, -0.05) is 211 Å². The van der Waals surface area contributed by atoms with Gasteiger partial charge in [0.25, 0.3) is 0 Å². The van der Waals surface area contributed by atoms with Crippen molar-refractivity contribution < 1.29 is 14.6 Å². The number of hydrogen-bond donors (Lipinski definition) is 1. The predicted octanol–water partition coefficient (Wildman–Crippen LogP) is 15.1. The van der Waals surface area contributed by atoms with Crippen molar-refractivity contribution in [3.05, 3.63) is 0 Å². The van der Waals surface area contributed by atoms with E-state index in [1.807, 2.05) is 0 Å². The van der Waals surface area contributed by atoms with Gasteiger partial charge >= 0.3 is 0 Å². The first kappa shape index (κ1) is 50.9. The summed E-state index contributed by atoms with van der Waals surface area (Å²) >= 11 is 0. The highest BCUT2D eigenvalue weighted by molar-refractivity contribution is 4.64. The van der Waals surface area contributed by atoms with E-state index in [9.17, 15) is 5.11 Å². The fraction of sp³-hybridized carbons (Fsp3) is 1.00. The Morgan fingerprint density at radius 2 is 0.588 bits per heavy atom. The molecule has 1 unspecified atom stereocenters. The van der Waals surface area contributed by atoms with Gasteiger partial charge in [0.1, 0.15) is 6.10 Å². The fourth-order valence-electron chi connectivity index (χ4n) is 7.92. The van der Waals surface area contributed by atoms with E-state index in [0.29, 0.717) is 18.4 Å². The Morgan fingerprint density at radius 1 is 0.333 bits per heavy atom. The minimum absolute atomic E-state index is 0.0479. The summed E-state index contributed by atoms with van der Waals surface area (Å²) in [4.78, 5) is 0. The topological polar surface area (TPSA) is 38.7 Å². The summed E-state index contributed by atoms with van der Waals surface area (Å²) < 4.78 is 12.0. The second kappa shape index (κ2) is 34.4. The lowest BCUT2D eigenvalue weighted by Crippen LogP contribution is -2.25. The first-order valence-electron chi connectivity index (χ1n) is 23.1. The van der Waals surface area contributed by atoms with Crippen molar-refractivity contribution in [2.24, 2.45) is 53.3 Å². The Balaban J connectivity index is 3.79. The quantitative estimate of drug-likeness (QED) is 0.0645. The standard InChI is InChI=1S/C48H98O3/c1-39(2)19-12-21-41(5)23-14-25-43(7)27-16-28-45(9)30-18-32-47(11)34-36-51-48(37-49)38-50-35-33-46(10)31-17-29-44(8)26-15-24-42(6)22-13-20-40(3)4/h39-49H,12-38H2,1-11H3/t41-,42-,43?,44-,45-,46-,47-,48-/m1/s1. The summed E-state index contributed by atoms with van der Waals surface area (Å²) in [5.74, 6) is 7.47. The normalized spacial score (nSPS) is 17.1. The summed E-state index contributed by atoms with van der Waals surface area (Å²) in [5, 5.41) is 9.83. The lowest BCUT2D eigenvalue weighted by Gasteiger charge is -2.19. The highest BCUT2D eigenvalue weighted by atomic mass is 16.5. The minimum Gasteiger partial charge on any atom is -0.394 e. The van der Waals surface area contributed by atoms with Crippen molar-refractivity contribution >= 4 is 0 Å². The van der Waals surface area contributed by atoms with Crippen LogP contribution in [0.15, 0.2) is 0 Å². The molecule has 0 bridgehead atoms. The molecule has 8 atom stereocenters. The van der Waals surface area contributed by atoms with Crippen LogP contribution in [0.5, 0.6) is 0 Å². The largest absolute Gasteiger partial charge is 0.394 e. The molecule has 0 aromatic heterocycles. The Labute approximate surface area is 323 Å². The van der Waals surface area contributed by atoms with Crippen LogP contribution in [-0.2, 0) is 9.47 Å². The van der Waals surface area contributed by atoms with Gasteiger partial charge in [-0.3, -0.25) is 0 Å². The Kier molecular flexibility index (Phi) is 34.3. The first-order valence-corrected chi connectivity index (χ1v) is 23.1. The van der Waals surface area contributed by atoms with Gasteiger partial charge in [-0.2, -0.15) is 0 Å². The van der Waals surface area contributed by atoms with Crippen LogP contribution >= 0.6 is 0 Å². The van der Waals surface area contributed by atoms with Crippen molar-refractivity contribution in [1.82, 2.24) is 0 Å². The maximum Gasteiger partial charge on any atom is 0.104 e. The van der Waals surface area contributed by atoms with Gasteiger partial charge in [0.15, 0.2) is 0 Å². The van der Waals surface area contributed by atoms with E-state index >= 15 is 0 Å². The molecule has 0 radical (unpaired) electrons. The molecule has 51 heavy (non-hydrogen) atoms. The van der Waals surface area contributed by atoms with Gasteiger partial charge < -0.3 is 14.6 Å². The Bertz CT molecular complexity index is 707. The number of ether oxygens (including phenoxy) is 2. The zero-order chi connectivity index (χ0) is 38.3. The van der Waals surface area contributed by atoms with Gasteiger partial charge in [0.05, 0.1) is 13.2 Å². The second-order valence-electron chi connectivity index (χ2n) is 19.4. The average Bonchev–Trinajstić information content (AvgIpc) is 3.05. The lowest BCUT2D eigenvalue weighted by molar-refractivity contribution is -0.0471. The van der Waals surface area contributed by atoms with Gasteiger partial charge in [0.2, 0.25) is 0 Å². The minimum atomic E-state index is -0.188. The molecule has 0 aliphatic rings. The molecule has 0 amide bonds. The van der Waals surface area contributed by atoms with Gasteiger partial charge in [0, 0.05) is 13.2 Å². The van der Waals surface area contributed by atoms with Crippen molar-refractivity contribution in [3.8, 4) is 0 Å². The number of aliphatic hydroxyl groups is 1. The third-order valence-electron chi connectivity index (χ3n) is 12.2. The van der Waals surface area contributed by atoms with Gasteiger partial charge in [-0.05, 0) is 66.1 Å². The second-order valence-corrected chi connectivity index (χ2v) is 19.4. The van der Waals surface area contributed by atoms with E-state index in [1.165, 1.54) is 135 Å². The van der Waals surface area contributed by atoms with Crippen LogP contribution in [0.25, 0.3) is 0 Å². The van der Waals surface area contributed by atoms with Gasteiger partial charge in [-0.25, -0.2) is 0 Å². The molecular weight excluding hydrogens is 625 g/mol. The monoisotopic (exact) mass is 723 g/mol. The first-order chi connectivity index (χ1) is 24.3. The third-order valence-corrected chi connectivity index (χ3v) is 12.2. The summed E-state index contributed by atoms with van der Waals surface area (Å²) in [6.07, 6.45) is 31.1. The lowest BCUT2D eigenvalue weighted by atomic mass is 9.90. The van der Waals surface area contributed by atoms with Crippen molar-refractivity contribution in [1.29, 1.82) is 0 Å². The molecule has 0 aliphatic heterocycles. The SMILES string of the molecule is CC(C)CCC[C@@H](C)CCCC(C)CCC[C@@H](C)CCC[C@@H](C)CCO[C@H](CO)COCC[C@H](C)CCC[C@H](C)CCC[C@H](C)CCCC(C)C. The Morgan fingerprint density at radius 3 is 0.863 bits per heavy atom. The highest BCUT2D eigenvalue weighted by Gasteiger charge is 2.13.